The van der Waals surface area contributed by atoms with Crippen LogP contribution in [0.15, 0.2) is 47.6 Å². The molecule has 4 nitrogen and oxygen atoms in total. The molecule has 112 valence electrons. The molecular formula is C16H14ClN3OS. The average molecular weight is 332 g/mol. The first kappa shape index (κ1) is 14.9. The number of carbonyl (C=O) groups excluding carboxylic acids is 1. The van der Waals surface area contributed by atoms with Crippen LogP contribution >= 0.6 is 23.4 Å². The van der Waals surface area contributed by atoms with Crippen molar-refractivity contribution in [2.45, 2.75) is 12.4 Å². The van der Waals surface area contributed by atoms with E-state index >= 15 is 0 Å². The minimum absolute atomic E-state index is 0.0843. The van der Waals surface area contributed by atoms with Crippen molar-refractivity contribution < 1.29 is 4.79 Å². The summed E-state index contributed by atoms with van der Waals surface area (Å²) >= 11 is 7.46. The van der Waals surface area contributed by atoms with Gasteiger partial charge in [-0.1, -0.05) is 29.4 Å². The number of pyridine rings is 1. The molecule has 2 N–H and O–H groups in total. The van der Waals surface area contributed by atoms with Gasteiger partial charge in [-0.3, -0.25) is 9.78 Å². The molecule has 1 aliphatic rings. The second-order valence-electron chi connectivity index (χ2n) is 4.86. The van der Waals surface area contributed by atoms with Crippen molar-refractivity contribution in [1.82, 2.24) is 10.3 Å². The van der Waals surface area contributed by atoms with Crippen LogP contribution < -0.4 is 10.6 Å². The molecule has 1 aromatic heterocycles. The molecule has 3 rings (SSSR count). The first-order valence-corrected chi connectivity index (χ1v) is 7.99. The van der Waals surface area contributed by atoms with Crippen LogP contribution in [0.4, 0.5) is 5.69 Å². The summed E-state index contributed by atoms with van der Waals surface area (Å²) in [6, 6.07) is 9.37. The highest BCUT2D eigenvalue weighted by Gasteiger charge is 2.27. The molecule has 1 atom stereocenters. The third-order valence-electron chi connectivity index (χ3n) is 3.22. The van der Waals surface area contributed by atoms with Gasteiger partial charge in [0, 0.05) is 23.1 Å². The summed E-state index contributed by atoms with van der Waals surface area (Å²) in [6.07, 6.45) is 5.26. The van der Waals surface area contributed by atoms with Gasteiger partial charge in [0.05, 0.1) is 4.91 Å². The van der Waals surface area contributed by atoms with E-state index in [0.717, 1.165) is 16.8 Å². The van der Waals surface area contributed by atoms with E-state index in [-0.39, 0.29) is 11.4 Å². The number of carbonyl (C=O) groups is 1. The van der Waals surface area contributed by atoms with Crippen molar-refractivity contribution in [3.63, 3.8) is 0 Å². The van der Waals surface area contributed by atoms with Crippen molar-refractivity contribution in [1.29, 1.82) is 0 Å². The Labute approximate surface area is 138 Å². The summed E-state index contributed by atoms with van der Waals surface area (Å²) in [6.45, 7) is 1.99. The molecule has 2 aromatic rings. The third kappa shape index (κ3) is 3.43. The van der Waals surface area contributed by atoms with Gasteiger partial charge in [0.15, 0.2) is 5.50 Å². The Balaban J connectivity index is 1.75. The maximum atomic E-state index is 12.0. The second-order valence-corrected chi connectivity index (χ2v) is 6.45. The van der Waals surface area contributed by atoms with Gasteiger partial charge < -0.3 is 10.6 Å². The lowest BCUT2D eigenvalue weighted by Gasteiger charge is -2.15. The molecule has 0 aliphatic carbocycles. The Morgan fingerprint density at radius 2 is 2.09 bits per heavy atom. The highest BCUT2D eigenvalue weighted by atomic mass is 35.5. The van der Waals surface area contributed by atoms with Gasteiger partial charge in [0.25, 0.3) is 5.91 Å². The topological polar surface area (TPSA) is 54.0 Å². The van der Waals surface area contributed by atoms with Crippen LogP contribution in [-0.2, 0) is 4.79 Å². The van der Waals surface area contributed by atoms with Gasteiger partial charge in [-0.2, -0.15) is 0 Å². The number of rotatable bonds is 3. The Bertz CT molecular complexity index is 733. The number of aromatic nitrogens is 1. The van der Waals surface area contributed by atoms with E-state index in [9.17, 15) is 4.79 Å². The number of anilines is 1. The number of nitrogens with one attached hydrogen (secondary N) is 2. The van der Waals surface area contributed by atoms with E-state index in [1.807, 2.05) is 43.3 Å². The smallest absolute Gasteiger partial charge is 0.260 e. The molecule has 0 radical (unpaired) electrons. The highest BCUT2D eigenvalue weighted by Crippen LogP contribution is 2.31. The highest BCUT2D eigenvalue weighted by molar-refractivity contribution is 8.05. The molecule has 0 saturated carbocycles. The fourth-order valence-electron chi connectivity index (χ4n) is 2.07. The van der Waals surface area contributed by atoms with E-state index in [0.29, 0.717) is 9.93 Å². The van der Waals surface area contributed by atoms with Crippen molar-refractivity contribution in [3.05, 3.63) is 63.8 Å². The van der Waals surface area contributed by atoms with E-state index in [1.165, 1.54) is 11.8 Å². The van der Waals surface area contributed by atoms with E-state index in [1.54, 1.807) is 12.4 Å². The van der Waals surface area contributed by atoms with Gasteiger partial charge in [0.2, 0.25) is 0 Å². The molecule has 6 heteroatoms. The van der Waals surface area contributed by atoms with Gasteiger partial charge in [-0.05, 0) is 48.4 Å². The standard InChI is InChI=1S/C16H14ClN3OS/c1-10-2-3-12(17)9-13(10)19-16-20-15(21)14(22-16)8-11-4-6-18-7-5-11/h2-9,16,19H,1H3,(H,20,21)/b14-8-. The molecule has 1 amide bonds. The Hall–Kier alpha value is -1.98. The third-order valence-corrected chi connectivity index (χ3v) is 4.48. The zero-order valence-corrected chi connectivity index (χ0v) is 13.4. The van der Waals surface area contributed by atoms with Crippen LogP contribution in [0.3, 0.4) is 0 Å². The molecule has 1 fully saturated rings. The average Bonchev–Trinajstić information content (AvgIpc) is 2.84. The molecule has 22 heavy (non-hydrogen) atoms. The number of hydrogen-bond acceptors (Lipinski definition) is 4. The summed E-state index contributed by atoms with van der Waals surface area (Å²) in [5, 5.41) is 6.86. The van der Waals surface area contributed by atoms with Gasteiger partial charge in [-0.25, -0.2) is 0 Å². The van der Waals surface area contributed by atoms with Crippen molar-refractivity contribution in [2.75, 3.05) is 5.32 Å². The zero-order valence-electron chi connectivity index (χ0n) is 11.8. The van der Waals surface area contributed by atoms with E-state index in [4.69, 9.17) is 11.6 Å². The summed E-state index contributed by atoms with van der Waals surface area (Å²) in [4.78, 5) is 16.7. The van der Waals surface area contributed by atoms with Crippen LogP contribution in [0.2, 0.25) is 5.02 Å². The molecule has 1 saturated heterocycles. The largest absolute Gasteiger partial charge is 0.356 e. The van der Waals surface area contributed by atoms with E-state index in [2.05, 4.69) is 15.6 Å². The SMILES string of the molecule is Cc1ccc(Cl)cc1NC1NC(=O)/C(=C/c2ccncc2)S1. The molecule has 2 heterocycles. The molecule has 0 bridgehead atoms. The monoisotopic (exact) mass is 331 g/mol. The van der Waals surface area contributed by atoms with Gasteiger partial charge in [0.1, 0.15) is 0 Å². The van der Waals surface area contributed by atoms with Crippen molar-refractivity contribution in [2.24, 2.45) is 0 Å². The van der Waals surface area contributed by atoms with Crippen LogP contribution in [0.25, 0.3) is 6.08 Å². The Kier molecular flexibility index (Phi) is 4.36. The lowest BCUT2D eigenvalue weighted by Crippen LogP contribution is -2.31. The van der Waals surface area contributed by atoms with Crippen LogP contribution in [0.5, 0.6) is 0 Å². The van der Waals surface area contributed by atoms with E-state index < -0.39 is 0 Å². The number of benzene rings is 1. The first-order chi connectivity index (χ1) is 10.6. The zero-order chi connectivity index (χ0) is 15.5. The fourth-order valence-corrected chi connectivity index (χ4v) is 3.22. The summed E-state index contributed by atoms with van der Waals surface area (Å²) < 4.78 is 0. The molecule has 1 aromatic carbocycles. The Morgan fingerprint density at radius 1 is 1.32 bits per heavy atom. The predicted molar refractivity (Wildman–Crippen MR) is 91.5 cm³/mol. The molecular weight excluding hydrogens is 318 g/mol. The minimum Gasteiger partial charge on any atom is -0.356 e. The number of nitrogens with zero attached hydrogens (tertiary/aromatic N) is 1. The Morgan fingerprint density at radius 3 is 2.86 bits per heavy atom. The summed E-state index contributed by atoms with van der Waals surface area (Å²) in [7, 11) is 0. The lowest BCUT2D eigenvalue weighted by molar-refractivity contribution is -0.116. The number of halogens is 1. The molecule has 1 aliphatic heterocycles. The molecule has 1 unspecified atom stereocenters. The fraction of sp³-hybridized carbons (Fsp3) is 0.125. The van der Waals surface area contributed by atoms with Gasteiger partial charge >= 0.3 is 0 Å². The van der Waals surface area contributed by atoms with Crippen molar-refractivity contribution >= 4 is 41.0 Å². The maximum Gasteiger partial charge on any atom is 0.260 e. The minimum atomic E-state index is -0.210. The van der Waals surface area contributed by atoms with Crippen LogP contribution in [-0.4, -0.2) is 16.4 Å². The van der Waals surface area contributed by atoms with Crippen LogP contribution in [0, 0.1) is 6.92 Å². The van der Waals surface area contributed by atoms with Crippen LogP contribution in [0.1, 0.15) is 11.1 Å². The van der Waals surface area contributed by atoms with Crippen molar-refractivity contribution in [3.8, 4) is 0 Å². The second kappa shape index (κ2) is 6.42. The lowest BCUT2D eigenvalue weighted by atomic mass is 10.2. The maximum absolute atomic E-state index is 12.0. The summed E-state index contributed by atoms with van der Waals surface area (Å²) in [5.74, 6) is -0.0843. The quantitative estimate of drug-likeness (QED) is 0.843. The number of thioether (sulfide) groups is 1. The predicted octanol–water partition coefficient (Wildman–Crippen LogP) is 3.64. The number of amides is 1. The van der Waals surface area contributed by atoms with Gasteiger partial charge in [-0.15, -0.1) is 0 Å². The summed E-state index contributed by atoms with van der Waals surface area (Å²) in [5.41, 5.74) is 2.73. The first-order valence-electron chi connectivity index (χ1n) is 6.74. The number of hydrogen-bond donors (Lipinski definition) is 2. The normalized spacial score (nSPS) is 19.3. The molecule has 0 spiro atoms. The number of aryl methyl sites for hydroxylation is 1.